The number of hydrogen-bond acceptors (Lipinski definition) is 6. The number of hydrogen-bond donors (Lipinski definition) is 1. The number of rotatable bonds is 9. The monoisotopic (exact) mass is 502 g/mol. The standard InChI is InChI=1S/C21H34N4O6S2/c1-23(2)33(29,30)25-15-6-7-18(17-25)21(26)22-12-16-31-19-8-10-20(11-9-19)32(27,28)24-13-4-3-5-14-24/h8-11,18H,3-7,12-17H2,1-2H3,(H,22,26)/t18-/m0/s1. The number of ether oxygens (including phenoxy) is 1. The summed E-state index contributed by atoms with van der Waals surface area (Å²) in [7, 11) is -4.05. The Hall–Kier alpha value is -1.73. The van der Waals surface area contributed by atoms with Gasteiger partial charge in [-0.3, -0.25) is 4.79 Å². The first kappa shape index (κ1) is 25.9. The molecule has 10 nitrogen and oxygen atoms in total. The Bertz CT molecular complexity index is 1010. The molecule has 2 saturated heterocycles. The second-order valence-electron chi connectivity index (χ2n) is 8.56. The third kappa shape index (κ3) is 6.44. The molecule has 2 aliphatic heterocycles. The lowest BCUT2D eigenvalue weighted by Gasteiger charge is -2.32. The zero-order valence-electron chi connectivity index (χ0n) is 19.3. The number of carbonyl (C=O) groups is 1. The van der Waals surface area contributed by atoms with E-state index in [9.17, 15) is 21.6 Å². The maximum absolute atomic E-state index is 12.7. The molecular weight excluding hydrogens is 468 g/mol. The molecule has 2 fully saturated rings. The van der Waals surface area contributed by atoms with Crippen LogP contribution in [-0.2, 0) is 25.0 Å². The fraction of sp³-hybridized carbons (Fsp3) is 0.667. The maximum Gasteiger partial charge on any atom is 0.281 e. The van der Waals surface area contributed by atoms with Crippen molar-refractivity contribution < 1.29 is 26.4 Å². The number of piperidine rings is 2. The van der Waals surface area contributed by atoms with Crippen LogP contribution in [0.3, 0.4) is 0 Å². The highest BCUT2D eigenvalue weighted by Gasteiger charge is 2.33. The Balaban J connectivity index is 1.44. The fourth-order valence-corrected chi connectivity index (χ4v) is 6.75. The van der Waals surface area contributed by atoms with Crippen LogP contribution in [0.25, 0.3) is 0 Å². The number of nitrogens with zero attached hydrogens (tertiary/aromatic N) is 3. The SMILES string of the molecule is CN(C)S(=O)(=O)N1CCC[C@H](C(=O)NCCOc2ccc(S(=O)(=O)N3CCCCC3)cc2)C1. The van der Waals surface area contributed by atoms with Crippen molar-refractivity contribution in [3.05, 3.63) is 24.3 Å². The predicted octanol–water partition coefficient (Wildman–Crippen LogP) is 0.875. The van der Waals surface area contributed by atoms with Gasteiger partial charge in [-0.05, 0) is 49.9 Å². The summed E-state index contributed by atoms with van der Waals surface area (Å²) in [6, 6.07) is 6.31. The second kappa shape index (κ2) is 11.1. The average molecular weight is 503 g/mol. The Morgan fingerprint density at radius 2 is 1.64 bits per heavy atom. The number of amides is 1. The molecule has 33 heavy (non-hydrogen) atoms. The molecule has 2 heterocycles. The van der Waals surface area contributed by atoms with Crippen LogP contribution in [0.4, 0.5) is 0 Å². The maximum atomic E-state index is 12.7. The van der Waals surface area contributed by atoms with Gasteiger partial charge in [-0.2, -0.15) is 21.3 Å². The molecule has 1 atom stereocenters. The molecule has 1 N–H and O–H groups in total. The molecule has 1 amide bonds. The van der Waals surface area contributed by atoms with E-state index in [4.69, 9.17) is 4.74 Å². The van der Waals surface area contributed by atoms with E-state index in [0.29, 0.717) is 38.2 Å². The molecule has 0 aliphatic carbocycles. The molecule has 0 radical (unpaired) electrons. The Morgan fingerprint density at radius 1 is 1.00 bits per heavy atom. The summed E-state index contributed by atoms with van der Waals surface area (Å²) in [6.07, 6.45) is 4.10. The summed E-state index contributed by atoms with van der Waals surface area (Å²) in [4.78, 5) is 12.7. The lowest BCUT2D eigenvalue weighted by molar-refractivity contribution is -0.126. The molecule has 0 saturated carbocycles. The van der Waals surface area contributed by atoms with Crippen LogP contribution in [0.2, 0.25) is 0 Å². The average Bonchev–Trinajstić information content (AvgIpc) is 2.82. The first-order valence-corrected chi connectivity index (χ1v) is 14.1. The predicted molar refractivity (Wildman–Crippen MR) is 124 cm³/mol. The van der Waals surface area contributed by atoms with Crippen molar-refractivity contribution in [1.82, 2.24) is 18.2 Å². The molecule has 12 heteroatoms. The molecule has 2 aliphatic rings. The van der Waals surface area contributed by atoms with Crippen LogP contribution in [0.15, 0.2) is 29.2 Å². The molecule has 186 valence electrons. The summed E-state index contributed by atoms with van der Waals surface area (Å²) >= 11 is 0. The Morgan fingerprint density at radius 3 is 2.27 bits per heavy atom. The minimum Gasteiger partial charge on any atom is -0.492 e. The molecule has 0 spiro atoms. The smallest absolute Gasteiger partial charge is 0.281 e. The van der Waals surface area contributed by atoms with Crippen molar-refractivity contribution in [2.75, 3.05) is 53.4 Å². The summed E-state index contributed by atoms with van der Waals surface area (Å²) in [5.41, 5.74) is 0. The largest absolute Gasteiger partial charge is 0.492 e. The van der Waals surface area contributed by atoms with Gasteiger partial charge >= 0.3 is 0 Å². The highest BCUT2D eigenvalue weighted by molar-refractivity contribution is 7.89. The first-order valence-electron chi connectivity index (χ1n) is 11.3. The Kier molecular flexibility index (Phi) is 8.73. The van der Waals surface area contributed by atoms with E-state index in [1.165, 1.54) is 22.7 Å². The minimum absolute atomic E-state index is 0.167. The van der Waals surface area contributed by atoms with Gasteiger partial charge < -0.3 is 10.1 Å². The van der Waals surface area contributed by atoms with Gasteiger partial charge in [-0.1, -0.05) is 6.42 Å². The zero-order chi connectivity index (χ0) is 24.1. The van der Waals surface area contributed by atoms with Gasteiger partial charge in [0, 0.05) is 40.3 Å². The minimum atomic E-state index is -3.53. The van der Waals surface area contributed by atoms with Crippen LogP contribution < -0.4 is 10.1 Å². The number of benzene rings is 1. The van der Waals surface area contributed by atoms with Crippen LogP contribution in [-0.4, -0.2) is 89.1 Å². The number of nitrogens with one attached hydrogen (secondary N) is 1. The molecule has 1 aromatic rings. The summed E-state index contributed by atoms with van der Waals surface area (Å²) in [5.74, 6) is -0.0734. The molecule has 0 bridgehead atoms. The van der Waals surface area contributed by atoms with Crippen molar-refractivity contribution in [3.63, 3.8) is 0 Å². The quantitative estimate of drug-likeness (QED) is 0.501. The molecule has 0 unspecified atom stereocenters. The third-order valence-electron chi connectivity index (χ3n) is 5.99. The van der Waals surface area contributed by atoms with E-state index in [2.05, 4.69) is 5.32 Å². The van der Waals surface area contributed by atoms with Crippen LogP contribution >= 0.6 is 0 Å². The highest BCUT2D eigenvalue weighted by Crippen LogP contribution is 2.23. The summed E-state index contributed by atoms with van der Waals surface area (Å²) in [6.45, 7) is 2.18. The van der Waals surface area contributed by atoms with Gasteiger partial charge in [-0.25, -0.2) is 8.42 Å². The van der Waals surface area contributed by atoms with Crippen molar-refractivity contribution in [3.8, 4) is 5.75 Å². The number of sulfonamides is 1. The lowest BCUT2D eigenvalue weighted by atomic mass is 9.99. The topological polar surface area (TPSA) is 116 Å². The van der Waals surface area contributed by atoms with E-state index in [1.54, 1.807) is 24.3 Å². The van der Waals surface area contributed by atoms with E-state index >= 15 is 0 Å². The van der Waals surface area contributed by atoms with Crippen molar-refractivity contribution in [2.45, 2.75) is 37.0 Å². The van der Waals surface area contributed by atoms with Gasteiger partial charge in [0.05, 0.1) is 17.4 Å². The van der Waals surface area contributed by atoms with E-state index in [1.807, 2.05) is 0 Å². The van der Waals surface area contributed by atoms with E-state index in [-0.39, 0.29) is 30.5 Å². The van der Waals surface area contributed by atoms with Gasteiger partial charge in [0.1, 0.15) is 12.4 Å². The highest BCUT2D eigenvalue weighted by atomic mass is 32.2. The number of carbonyl (C=O) groups excluding carboxylic acids is 1. The molecule has 0 aromatic heterocycles. The van der Waals surface area contributed by atoms with Gasteiger partial charge in [0.15, 0.2) is 0 Å². The lowest BCUT2D eigenvalue weighted by Crippen LogP contribution is -2.49. The summed E-state index contributed by atoms with van der Waals surface area (Å²) in [5, 5.41) is 2.80. The van der Waals surface area contributed by atoms with Gasteiger partial charge in [-0.15, -0.1) is 0 Å². The molecule has 1 aromatic carbocycles. The van der Waals surface area contributed by atoms with Crippen LogP contribution in [0.5, 0.6) is 5.75 Å². The van der Waals surface area contributed by atoms with Crippen LogP contribution in [0.1, 0.15) is 32.1 Å². The third-order valence-corrected chi connectivity index (χ3v) is 9.81. The Labute approximate surface area is 197 Å². The zero-order valence-corrected chi connectivity index (χ0v) is 20.9. The fourth-order valence-electron chi connectivity index (χ4n) is 4.05. The van der Waals surface area contributed by atoms with Crippen molar-refractivity contribution in [1.29, 1.82) is 0 Å². The van der Waals surface area contributed by atoms with Gasteiger partial charge in [0.2, 0.25) is 15.9 Å². The normalized spacial score (nSPS) is 21.1. The van der Waals surface area contributed by atoms with Crippen LogP contribution in [0, 0.1) is 5.92 Å². The molecular formula is C21H34N4O6S2. The van der Waals surface area contributed by atoms with E-state index < -0.39 is 26.2 Å². The second-order valence-corrected chi connectivity index (χ2v) is 12.6. The summed E-state index contributed by atoms with van der Waals surface area (Å²) < 4.78 is 59.7. The van der Waals surface area contributed by atoms with Crippen molar-refractivity contribution in [2.24, 2.45) is 5.92 Å². The van der Waals surface area contributed by atoms with Gasteiger partial charge in [0.25, 0.3) is 10.2 Å². The van der Waals surface area contributed by atoms with Crippen molar-refractivity contribution >= 4 is 26.1 Å². The first-order chi connectivity index (χ1) is 15.6. The molecule has 3 rings (SSSR count). The van der Waals surface area contributed by atoms with E-state index in [0.717, 1.165) is 23.6 Å².